The van der Waals surface area contributed by atoms with Gasteiger partial charge in [-0.3, -0.25) is 9.59 Å². The summed E-state index contributed by atoms with van der Waals surface area (Å²) in [5.74, 6) is -0.791. The molecule has 1 saturated heterocycles. The molecule has 1 rings (SSSR count). The first-order valence-electron chi connectivity index (χ1n) is 6.20. The van der Waals surface area contributed by atoms with Gasteiger partial charge in [0.2, 0.25) is 5.91 Å². The molecular formula is C12H22N2O4. The predicted molar refractivity (Wildman–Crippen MR) is 65.9 cm³/mol. The maximum absolute atomic E-state index is 11.7. The lowest BCUT2D eigenvalue weighted by Gasteiger charge is -2.25. The van der Waals surface area contributed by atoms with E-state index in [0.717, 1.165) is 0 Å². The van der Waals surface area contributed by atoms with E-state index in [9.17, 15) is 9.59 Å². The summed E-state index contributed by atoms with van der Waals surface area (Å²) in [5, 5.41) is 11.9. The van der Waals surface area contributed by atoms with Gasteiger partial charge in [0.15, 0.2) is 0 Å². The molecular weight excluding hydrogens is 236 g/mol. The average molecular weight is 258 g/mol. The summed E-state index contributed by atoms with van der Waals surface area (Å²) in [6.45, 7) is 4.50. The van der Waals surface area contributed by atoms with E-state index >= 15 is 0 Å². The number of nitrogens with two attached hydrogens (primary N) is 1. The van der Waals surface area contributed by atoms with E-state index in [2.05, 4.69) is 5.32 Å². The number of hydrogen-bond acceptors (Lipinski definition) is 4. The first kappa shape index (κ1) is 14.9. The zero-order chi connectivity index (χ0) is 13.8. The van der Waals surface area contributed by atoms with Crippen molar-refractivity contribution in [3.63, 3.8) is 0 Å². The van der Waals surface area contributed by atoms with E-state index in [1.807, 2.05) is 6.92 Å². The smallest absolute Gasteiger partial charge is 0.313 e. The van der Waals surface area contributed by atoms with Gasteiger partial charge < -0.3 is 20.9 Å². The summed E-state index contributed by atoms with van der Waals surface area (Å²) >= 11 is 0. The normalized spacial score (nSPS) is 28.9. The molecule has 0 aliphatic carbocycles. The van der Waals surface area contributed by atoms with Crippen LogP contribution in [0.4, 0.5) is 0 Å². The summed E-state index contributed by atoms with van der Waals surface area (Å²) < 4.78 is 5.17. The molecule has 104 valence electrons. The number of carbonyl (C=O) groups is 2. The number of nitrogens with one attached hydrogen (secondary N) is 1. The second-order valence-electron chi connectivity index (χ2n) is 5.24. The number of hydrogen-bond donors (Lipinski definition) is 3. The molecule has 3 atom stereocenters. The van der Waals surface area contributed by atoms with Crippen LogP contribution in [0.25, 0.3) is 0 Å². The molecule has 0 radical (unpaired) electrons. The zero-order valence-corrected chi connectivity index (χ0v) is 10.9. The second-order valence-corrected chi connectivity index (χ2v) is 5.24. The molecule has 1 amide bonds. The fourth-order valence-corrected chi connectivity index (χ4v) is 1.85. The van der Waals surface area contributed by atoms with E-state index in [4.69, 9.17) is 15.6 Å². The van der Waals surface area contributed by atoms with E-state index in [0.29, 0.717) is 25.3 Å². The van der Waals surface area contributed by atoms with Crippen LogP contribution in [0.2, 0.25) is 0 Å². The molecule has 0 aromatic heterocycles. The maximum atomic E-state index is 11.7. The van der Waals surface area contributed by atoms with Crippen LogP contribution in [0.1, 0.15) is 26.7 Å². The van der Waals surface area contributed by atoms with Gasteiger partial charge in [0.05, 0.1) is 19.3 Å². The minimum absolute atomic E-state index is 0.131. The molecule has 1 fully saturated rings. The highest BCUT2D eigenvalue weighted by Gasteiger charge is 2.47. The van der Waals surface area contributed by atoms with Crippen molar-refractivity contribution in [2.45, 2.75) is 32.7 Å². The van der Waals surface area contributed by atoms with Gasteiger partial charge in [-0.25, -0.2) is 0 Å². The van der Waals surface area contributed by atoms with Crippen LogP contribution in [0.3, 0.4) is 0 Å². The van der Waals surface area contributed by atoms with Crippen molar-refractivity contribution in [2.24, 2.45) is 17.1 Å². The highest BCUT2D eigenvalue weighted by molar-refractivity contribution is 5.80. The lowest BCUT2D eigenvalue weighted by atomic mass is 9.85. The Bertz CT molecular complexity index is 321. The Balaban J connectivity index is 2.46. The van der Waals surface area contributed by atoms with Crippen LogP contribution in [0.5, 0.6) is 0 Å². The first-order chi connectivity index (χ1) is 8.40. The third kappa shape index (κ3) is 3.43. The molecule has 4 N–H and O–H groups in total. The highest BCUT2D eigenvalue weighted by atomic mass is 16.5. The van der Waals surface area contributed by atoms with Crippen LogP contribution in [-0.4, -0.2) is 42.8 Å². The lowest BCUT2D eigenvalue weighted by Crippen LogP contribution is -2.49. The molecule has 3 unspecified atom stereocenters. The molecule has 0 aromatic carbocycles. The summed E-state index contributed by atoms with van der Waals surface area (Å²) in [5.41, 5.74) is 4.44. The van der Waals surface area contributed by atoms with Crippen LogP contribution >= 0.6 is 0 Å². The van der Waals surface area contributed by atoms with E-state index in [-0.39, 0.29) is 19.1 Å². The fraction of sp³-hybridized carbons (Fsp3) is 0.833. The third-order valence-electron chi connectivity index (χ3n) is 3.55. The highest BCUT2D eigenvalue weighted by Crippen LogP contribution is 2.28. The van der Waals surface area contributed by atoms with Crippen LogP contribution in [0.15, 0.2) is 0 Å². The van der Waals surface area contributed by atoms with Gasteiger partial charge in [-0.1, -0.05) is 6.92 Å². The number of aliphatic carboxylic acids is 1. The van der Waals surface area contributed by atoms with Crippen molar-refractivity contribution < 1.29 is 19.4 Å². The molecule has 6 nitrogen and oxygen atoms in total. The minimum Gasteiger partial charge on any atom is -0.481 e. The van der Waals surface area contributed by atoms with Crippen molar-refractivity contribution in [3.05, 3.63) is 0 Å². The summed E-state index contributed by atoms with van der Waals surface area (Å²) in [4.78, 5) is 22.9. The molecule has 0 aromatic rings. The van der Waals surface area contributed by atoms with Crippen molar-refractivity contribution in [2.75, 3.05) is 19.8 Å². The topological polar surface area (TPSA) is 102 Å². The molecule has 1 heterocycles. The molecule has 18 heavy (non-hydrogen) atoms. The summed E-state index contributed by atoms with van der Waals surface area (Å²) in [6.07, 6.45) is 1.07. The van der Waals surface area contributed by atoms with Crippen LogP contribution in [-0.2, 0) is 14.3 Å². The Morgan fingerprint density at radius 2 is 2.28 bits per heavy atom. The number of carbonyl (C=O) groups excluding carboxylic acids is 1. The molecule has 0 saturated carbocycles. The zero-order valence-electron chi connectivity index (χ0n) is 10.9. The van der Waals surface area contributed by atoms with Gasteiger partial charge in [-0.15, -0.1) is 0 Å². The van der Waals surface area contributed by atoms with E-state index < -0.39 is 17.4 Å². The summed E-state index contributed by atoms with van der Waals surface area (Å²) in [6, 6.07) is -0.462. The van der Waals surface area contributed by atoms with Crippen LogP contribution in [0, 0.1) is 11.3 Å². The molecule has 1 aliphatic rings. The Kier molecular flexibility index (Phi) is 5.10. The van der Waals surface area contributed by atoms with Crippen molar-refractivity contribution in [1.29, 1.82) is 0 Å². The third-order valence-corrected chi connectivity index (χ3v) is 3.55. The number of ether oxygens (including phenoxy) is 1. The molecule has 0 bridgehead atoms. The van der Waals surface area contributed by atoms with E-state index in [1.54, 1.807) is 6.92 Å². The van der Waals surface area contributed by atoms with Gasteiger partial charge >= 0.3 is 5.97 Å². The largest absolute Gasteiger partial charge is 0.481 e. The van der Waals surface area contributed by atoms with Gasteiger partial charge in [-0.2, -0.15) is 0 Å². The maximum Gasteiger partial charge on any atom is 0.313 e. The number of amides is 1. The van der Waals surface area contributed by atoms with Crippen LogP contribution < -0.4 is 11.1 Å². The van der Waals surface area contributed by atoms with E-state index in [1.165, 1.54) is 0 Å². The quantitative estimate of drug-likeness (QED) is 0.621. The number of rotatable bonds is 6. The number of carboxylic acids is 1. The van der Waals surface area contributed by atoms with Gasteiger partial charge in [0.25, 0.3) is 0 Å². The van der Waals surface area contributed by atoms with Crippen molar-refractivity contribution >= 4 is 11.9 Å². The monoisotopic (exact) mass is 258 g/mol. The Labute approximate surface area is 107 Å². The van der Waals surface area contributed by atoms with Gasteiger partial charge in [0.1, 0.15) is 5.41 Å². The van der Waals surface area contributed by atoms with Gasteiger partial charge in [0, 0.05) is 6.42 Å². The Morgan fingerprint density at radius 1 is 1.61 bits per heavy atom. The van der Waals surface area contributed by atoms with Gasteiger partial charge in [-0.05, 0) is 25.8 Å². The predicted octanol–water partition coefficient (Wildman–Crippen LogP) is -0.0327. The SMILES string of the molecule is CC(CN)CCC(=O)NC1COCC1(C)C(=O)O. The molecule has 1 aliphatic heterocycles. The lowest BCUT2D eigenvalue weighted by molar-refractivity contribution is -0.149. The molecule has 0 spiro atoms. The Hall–Kier alpha value is -1.14. The Morgan fingerprint density at radius 3 is 2.83 bits per heavy atom. The molecule has 6 heteroatoms. The van der Waals surface area contributed by atoms with Crippen molar-refractivity contribution in [3.8, 4) is 0 Å². The average Bonchev–Trinajstić information content (AvgIpc) is 2.69. The standard InChI is InChI=1S/C12H22N2O4/c1-8(5-13)3-4-10(15)14-9-6-18-7-12(9,2)11(16)17/h8-9H,3-7,13H2,1-2H3,(H,14,15)(H,16,17). The fourth-order valence-electron chi connectivity index (χ4n) is 1.85. The number of carboxylic acid groups (broad SMARTS) is 1. The summed E-state index contributed by atoms with van der Waals surface area (Å²) in [7, 11) is 0. The minimum atomic E-state index is -1.03. The van der Waals surface area contributed by atoms with Crippen molar-refractivity contribution in [1.82, 2.24) is 5.32 Å². The first-order valence-corrected chi connectivity index (χ1v) is 6.20. The second kappa shape index (κ2) is 6.15.